The first-order valence-electron chi connectivity index (χ1n) is 10.6. The van der Waals surface area contributed by atoms with Crippen LogP contribution >= 0.6 is 0 Å². The van der Waals surface area contributed by atoms with Crippen LogP contribution in [0.25, 0.3) is 0 Å². The number of anilines is 4. The highest BCUT2D eigenvalue weighted by molar-refractivity contribution is 7.91. The van der Waals surface area contributed by atoms with Crippen molar-refractivity contribution < 1.29 is 13.2 Å². The van der Waals surface area contributed by atoms with Gasteiger partial charge in [0.15, 0.2) is 15.6 Å². The van der Waals surface area contributed by atoms with Gasteiger partial charge in [-0.1, -0.05) is 32.9 Å². The topological polar surface area (TPSA) is 117 Å². The standard InChI is InChI=1S/C22H32N6O3S/c1-14-7-8-16(15(2)29)11-18(14)24-20-25-19(23-17-9-10-32(30,31)12-17)26-21(27-20)28(6)13-22(3,4)5/h7-8,11,17H,9-10,12-13H2,1-6H3,(H2,23,24,25,26,27). The van der Waals surface area contributed by atoms with Crippen molar-refractivity contribution in [3.63, 3.8) is 0 Å². The number of aryl methyl sites for hydroxylation is 1. The van der Waals surface area contributed by atoms with Gasteiger partial charge in [-0.05, 0) is 37.3 Å². The van der Waals surface area contributed by atoms with Crippen molar-refractivity contribution >= 4 is 39.2 Å². The molecule has 2 aromatic rings. The van der Waals surface area contributed by atoms with Crippen molar-refractivity contribution in [3.05, 3.63) is 29.3 Å². The Bertz CT molecular complexity index is 1110. The summed E-state index contributed by atoms with van der Waals surface area (Å²) in [5.41, 5.74) is 2.28. The highest BCUT2D eigenvalue weighted by Gasteiger charge is 2.29. The lowest BCUT2D eigenvalue weighted by Gasteiger charge is -2.27. The van der Waals surface area contributed by atoms with E-state index in [1.54, 1.807) is 12.1 Å². The summed E-state index contributed by atoms with van der Waals surface area (Å²) < 4.78 is 23.7. The summed E-state index contributed by atoms with van der Waals surface area (Å²) in [6, 6.07) is 5.19. The molecule has 1 aromatic carbocycles. The Hall–Kier alpha value is -2.75. The van der Waals surface area contributed by atoms with Crippen LogP contribution in [0.4, 0.5) is 23.5 Å². The Morgan fingerprint density at radius 1 is 1.19 bits per heavy atom. The molecule has 1 aliphatic rings. The predicted octanol–water partition coefficient (Wildman–Crippen LogP) is 3.21. The zero-order valence-corrected chi connectivity index (χ0v) is 20.4. The van der Waals surface area contributed by atoms with E-state index in [-0.39, 0.29) is 28.7 Å². The molecule has 2 heterocycles. The number of aromatic nitrogens is 3. The summed E-state index contributed by atoms with van der Waals surface area (Å²) in [5, 5.41) is 6.37. The molecule has 32 heavy (non-hydrogen) atoms. The van der Waals surface area contributed by atoms with E-state index in [9.17, 15) is 13.2 Å². The molecule has 0 bridgehead atoms. The first-order chi connectivity index (χ1) is 14.8. The molecule has 9 nitrogen and oxygen atoms in total. The lowest BCUT2D eigenvalue weighted by molar-refractivity contribution is 0.101. The van der Waals surface area contributed by atoms with Crippen LogP contribution in [0.5, 0.6) is 0 Å². The molecule has 0 spiro atoms. The molecular formula is C22H32N6O3S. The molecule has 0 aliphatic carbocycles. The van der Waals surface area contributed by atoms with Crippen molar-refractivity contribution in [2.24, 2.45) is 5.41 Å². The summed E-state index contributed by atoms with van der Waals surface area (Å²) in [6.45, 7) is 10.6. The fourth-order valence-corrected chi connectivity index (χ4v) is 5.30. The number of rotatable bonds is 7. The van der Waals surface area contributed by atoms with Crippen LogP contribution in [0.1, 0.15) is 50.0 Å². The van der Waals surface area contributed by atoms with Gasteiger partial charge in [0, 0.05) is 30.9 Å². The number of Topliss-reactive ketones (excluding diaryl/α,β-unsaturated/α-hetero) is 1. The van der Waals surface area contributed by atoms with Crippen LogP contribution in [-0.4, -0.2) is 60.3 Å². The number of sulfone groups is 1. The lowest BCUT2D eigenvalue weighted by Crippen LogP contribution is -2.31. The van der Waals surface area contributed by atoms with E-state index in [4.69, 9.17) is 0 Å². The minimum atomic E-state index is -3.03. The van der Waals surface area contributed by atoms with Crippen molar-refractivity contribution in [2.45, 2.75) is 47.1 Å². The molecule has 1 unspecified atom stereocenters. The summed E-state index contributed by atoms with van der Waals surface area (Å²) in [5.74, 6) is 1.31. The van der Waals surface area contributed by atoms with E-state index in [2.05, 4.69) is 46.4 Å². The van der Waals surface area contributed by atoms with Gasteiger partial charge >= 0.3 is 0 Å². The summed E-state index contributed by atoms with van der Waals surface area (Å²) in [7, 11) is -1.12. The van der Waals surface area contributed by atoms with Crippen molar-refractivity contribution in [3.8, 4) is 0 Å². The molecule has 1 atom stereocenters. The SMILES string of the molecule is CC(=O)c1ccc(C)c(Nc2nc(NC3CCS(=O)(=O)C3)nc(N(C)CC(C)(C)C)n2)c1. The van der Waals surface area contributed by atoms with Gasteiger partial charge in [-0.25, -0.2) is 8.42 Å². The van der Waals surface area contributed by atoms with Crippen LogP contribution in [0.3, 0.4) is 0 Å². The largest absolute Gasteiger partial charge is 0.350 e. The number of benzene rings is 1. The smallest absolute Gasteiger partial charge is 0.233 e. The highest BCUT2D eigenvalue weighted by Crippen LogP contribution is 2.25. The first kappa shape index (κ1) is 23.9. The Kier molecular flexibility index (Phi) is 6.73. The second kappa shape index (κ2) is 9.01. The average molecular weight is 461 g/mol. The summed E-state index contributed by atoms with van der Waals surface area (Å²) >= 11 is 0. The molecular weight excluding hydrogens is 428 g/mol. The van der Waals surface area contributed by atoms with Crippen LogP contribution in [0.2, 0.25) is 0 Å². The number of nitrogens with one attached hydrogen (secondary N) is 2. The second-order valence-electron chi connectivity index (χ2n) is 9.65. The zero-order chi connectivity index (χ0) is 23.7. The van der Waals surface area contributed by atoms with Crippen molar-refractivity contribution in [1.29, 1.82) is 0 Å². The Morgan fingerprint density at radius 3 is 2.47 bits per heavy atom. The molecule has 10 heteroatoms. The molecule has 3 rings (SSSR count). The van der Waals surface area contributed by atoms with Crippen LogP contribution in [0, 0.1) is 12.3 Å². The minimum absolute atomic E-state index is 0.0223. The van der Waals surface area contributed by atoms with Crippen LogP contribution in [-0.2, 0) is 9.84 Å². The van der Waals surface area contributed by atoms with Gasteiger partial charge in [0.2, 0.25) is 17.8 Å². The van der Waals surface area contributed by atoms with E-state index in [1.807, 2.05) is 24.9 Å². The Labute approximate surface area is 190 Å². The first-order valence-corrected chi connectivity index (χ1v) is 12.5. The van der Waals surface area contributed by atoms with Gasteiger partial charge in [-0.2, -0.15) is 15.0 Å². The molecule has 1 saturated heterocycles. The highest BCUT2D eigenvalue weighted by atomic mass is 32.2. The molecule has 0 radical (unpaired) electrons. The molecule has 1 aliphatic heterocycles. The van der Waals surface area contributed by atoms with Crippen LogP contribution in [0.15, 0.2) is 18.2 Å². The van der Waals surface area contributed by atoms with E-state index in [0.29, 0.717) is 36.4 Å². The number of carbonyl (C=O) groups excluding carboxylic acids is 1. The molecule has 1 fully saturated rings. The number of ketones is 1. The van der Waals surface area contributed by atoms with E-state index in [0.717, 1.165) is 11.3 Å². The van der Waals surface area contributed by atoms with Crippen molar-refractivity contribution in [2.75, 3.05) is 40.6 Å². The van der Waals surface area contributed by atoms with E-state index >= 15 is 0 Å². The van der Waals surface area contributed by atoms with Gasteiger partial charge in [0.25, 0.3) is 0 Å². The Morgan fingerprint density at radius 2 is 1.88 bits per heavy atom. The molecule has 0 saturated carbocycles. The quantitative estimate of drug-likeness (QED) is 0.601. The summed E-state index contributed by atoms with van der Waals surface area (Å²) in [4.78, 5) is 27.4. The van der Waals surface area contributed by atoms with E-state index < -0.39 is 9.84 Å². The number of hydrogen-bond acceptors (Lipinski definition) is 9. The van der Waals surface area contributed by atoms with E-state index in [1.165, 1.54) is 6.92 Å². The van der Waals surface area contributed by atoms with Gasteiger partial charge in [-0.3, -0.25) is 4.79 Å². The maximum atomic E-state index is 11.9. The monoisotopic (exact) mass is 460 g/mol. The third-order valence-corrected chi connectivity index (χ3v) is 6.90. The summed E-state index contributed by atoms with van der Waals surface area (Å²) in [6.07, 6.45) is 0.518. The van der Waals surface area contributed by atoms with Crippen molar-refractivity contribution in [1.82, 2.24) is 15.0 Å². The third-order valence-electron chi connectivity index (χ3n) is 5.13. The van der Waals surface area contributed by atoms with Crippen LogP contribution < -0.4 is 15.5 Å². The molecule has 0 amide bonds. The lowest BCUT2D eigenvalue weighted by atomic mass is 9.96. The molecule has 2 N–H and O–H groups in total. The zero-order valence-electron chi connectivity index (χ0n) is 19.6. The number of carbonyl (C=O) groups is 1. The maximum Gasteiger partial charge on any atom is 0.233 e. The maximum absolute atomic E-state index is 11.9. The van der Waals surface area contributed by atoms with Gasteiger partial charge in [0.1, 0.15) is 0 Å². The minimum Gasteiger partial charge on any atom is -0.350 e. The van der Waals surface area contributed by atoms with Gasteiger partial charge in [0.05, 0.1) is 11.5 Å². The number of nitrogens with zero attached hydrogens (tertiary/aromatic N) is 4. The Balaban J connectivity index is 1.94. The van der Waals surface area contributed by atoms with Gasteiger partial charge in [-0.15, -0.1) is 0 Å². The fraction of sp³-hybridized carbons (Fsp3) is 0.545. The molecule has 1 aromatic heterocycles. The number of hydrogen-bond donors (Lipinski definition) is 2. The predicted molar refractivity (Wildman–Crippen MR) is 128 cm³/mol. The second-order valence-corrected chi connectivity index (χ2v) is 11.9. The average Bonchev–Trinajstić information content (AvgIpc) is 3.00. The van der Waals surface area contributed by atoms with Gasteiger partial charge < -0.3 is 15.5 Å². The fourth-order valence-electron chi connectivity index (χ4n) is 3.63. The molecule has 174 valence electrons. The normalized spacial score (nSPS) is 17.8. The third kappa shape index (κ3) is 6.38.